The number of furan rings is 1. The van der Waals surface area contributed by atoms with E-state index in [4.69, 9.17) is 21.1 Å². The van der Waals surface area contributed by atoms with Crippen LogP contribution in [0.2, 0.25) is 5.02 Å². The normalized spacial score (nSPS) is 22.7. The second-order valence-electron chi connectivity index (χ2n) is 5.42. The highest BCUT2D eigenvalue weighted by atomic mass is 35.5. The Hall–Kier alpha value is -1.64. The van der Waals surface area contributed by atoms with Gasteiger partial charge in [-0.05, 0) is 25.1 Å². The number of hydrogen-bond donors (Lipinski definition) is 1. The molecule has 3 rings (SSSR count). The first-order valence-corrected chi connectivity index (χ1v) is 8.61. The zero-order valence-corrected chi connectivity index (χ0v) is 13.6. The average Bonchev–Trinajstić information content (AvgIpc) is 3.01. The molecule has 0 spiro atoms. The molecule has 0 saturated carbocycles. The van der Waals surface area contributed by atoms with Crippen LogP contribution in [-0.2, 0) is 14.8 Å². The lowest BCUT2D eigenvalue weighted by Gasteiger charge is -2.19. The van der Waals surface area contributed by atoms with E-state index in [2.05, 4.69) is 0 Å². The van der Waals surface area contributed by atoms with Crippen LogP contribution in [0.5, 0.6) is 0 Å². The average molecular weight is 362 g/mol. The fourth-order valence-corrected chi connectivity index (χ4v) is 4.72. The van der Waals surface area contributed by atoms with Gasteiger partial charge in [0.1, 0.15) is 17.8 Å². The van der Waals surface area contributed by atoms with E-state index < -0.39 is 34.8 Å². The topological polar surface area (TPSA) is 87.8 Å². The molecule has 1 aliphatic heterocycles. The van der Waals surface area contributed by atoms with Crippen molar-refractivity contribution in [2.24, 2.45) is 0 Å². The molecule has 124 valence electrons. The van der Waals surface area contributed by atoms with Crippen LogP contribution >= 0.6 is 11.6 Å². The fourth-order valence-electron chi connectivity index (χ4n) is 2.77. The predicted molar refractivity (Wildman–Crippen MR) is 80.8 cm³/mol. The van der Waals surface area contributed by atoms with E-state index in [1.165, 1.54) is 13.0 Å². The summed E-state index contributed by atoms with van der Waals surface area (Å²) >= 11 is 5.90. The van der Waals surface area contributed by atoms with E-state index in [9.17, 15) is 17.6 Å². The van der Waals surface area contributed by atoms with Gasteiger partial charge in [-0.3, -0.25) is 4.79 Å². The maximum absolute atomic E-state index is 13.6. The Morgan fingerprint density at radius 2 is 2.17 bits per heavy atom. The summed E-state index contributed by atoms with van der Waals surface area (Å²) in [7, 11) is -4.27. The van der Waals surface area contributed by atoms with Gasteiger partial charge in [0.2, 0.25) is 5.09 Å². The van der Waals surface area contributed by atoms with E-state index in [1.807, 2.05) is 0 Å². The number of hydrogen-bond acceptors (Lipinski definition) is 4. The molecule has 0 aliphatic carbocycles. The number of aryl methyl sites for hydroxylation is 1. The number of carboxylic acid groups (broad SMARTS) is 1. The molecule has 1 saturated heterocycles. The molecule has 2 atom stereocenters. The van der Waals surface area contributed by atoms with Crippen LogP contribution < -0.4 is 0 Å². The molecule has 23 heavy (non-hydrogen) atoms. The predicted octanol–water partition coefficient (Wildman–Crippen LogP) is 2.58. The fraction of sp³-hybridized carbons (Fsp3) is 0.357. The van der Waals surface area contributed by atoms with Crippen molar-refractivity contribution >= 4 is 38.6 Å². The highest BCUT2D eigenvalue weighted by Gasteiger charge is 2.46. The molecule has 0 unspecified atom stereocenters. The number of aliphatic carboxylic acids is 1. The van der Waals surface area contributed by atoms with Gasteiger partial charge < -0.3 is 9.52 Å². The first-order chi connectivity index (χ1) is 10.7. The maximum Gasteiger partial charge on any atom is 0.322 e. The second kappa shape index (κ2) is 5.47. The zero-order valence-electron chi connectivity index (χ0n) is 12.0. The summed E-state index contributed by atoms with van der Waals surface area (Å²) in [6.07, 6.45) is -1.90. The summed E-state index contributed by atoms with van der Waals surface area (Å²) in [5.74, 6) is -1.38. The Morgan fingerprint density at radius 3 is 2.83 bits per heavy atom. The molecule has 2 aromatic rings. The molecule has 1 aromatic carbocycles. The third kappa shape index (κ3) is 2.60. The van der Waals surface area contributed by atoms with Gasteiger partial charge in [0.15, 0.2) is 0 Å². The molecule has 1 fully saturated rings. The van der Waals surface area contributed by atoms with Crippen molar-refractivity contribution in [1.82, 2.24) is 4.31 Å². The number of benzene rings is 1. The minimum atomic E-state index is -4.27. The highest BCUT2D eigenvalue weighted by molar-refractivity contribution is 7.89. The molecule has 9 heteroatoms. The molecule has 2 heterocycles. The second-order valence-corrected chi connectivity index (χ2v) is 7.64. The zero-order chi connectivity index (χ0) is 16.9. The van der Waals surface area contributed by atoms with Crippen LogP contribution in [0.1, 0.15) is 12.0 Å². The summed E-state index contributed by atoms with van der Waals surface area (Å²) in [5.41, 5.74) is 0.627. The molecule has 1 aromatic heterocycles. The molecule has 0 radical (unpaired) electrons. The Balaban J connectivity index is 2.13. The van der Waals surface area contributed by atoms with Gasteiger partial charge in [0.05, 0.1) is 0 Å². The third-order valence-electron chi connectivity index (χ3n) is 3.89. The maximum atomic E-state index is 13.6. The standard InChI is InChI=1S/C14H13ClFNO5S/c1-7-10-4-8(15)2-3-12(10)22-14(7)23(20,21)17-6-9(16)5-11(17)13(18)19/h2-4,9,11H,5-6H2,1H3,(H,18,19)/t9-,11-/m0/s1. The lowest BCUT2D eigenvalue weighted by molar-refractivity contribution is -0.140. The first-order valence-electron chi connectivity index (χ1n) is 6.79. The lowest BCUT2D eigenvalue weighted by atomic mass is 10.2. The Kier molecular flexibility index (Phi) is 3.86. The van der Waals surface area contributed by atoms with Crippen molar-refractivity contribution in [2.45, 2.75) is 30.7 Å². The summed E-state index contributed by atoms with van der Waals surface area (Å²) in [6, 6.07) is 3.20. The van der Waals surface area contributed by atoms with E-state index in [-0.39, 0.29) is 11.5 Å². The van der Waals surface area contributed by atoms with Crippen molar-refractivity contribution in [2.75, 3.05) is 6.54 Å². The van der Waals surface area contributed by atoms with Crippen LogP contribution in [0.15, 0.2) is 27.7 Å². The van der Waals surface area contributed by atoms with Gasteiger partial charge in [-0.1, -0.05) is 11.6 Å². The molecule has 0 bridgehead atoms. The summed E-state index contributed by atoms with van der Waals surface area (Å²) < 4.78 is 45.1. The Bertz CT molecular complexity index is 894. The number of carboxylic acids is 1. The van der Waals surface area contributed by atoms with Gasteiger partial charge in [-0.25, -0.2) is 12.8 Å². The lowest BCUT2D eigenvalue weighted by Crippen LogP contribution is -2.40. The monoisotopic (exact) mass is 361 g/mol. The van der Waals surface area contributed by atoms with Crippen LogP contribution in [-0.4, -0.2) is 42.6 Å². The van der Waals surface area contributed by atoms with Crippen molar-refractivity contribution in [3.8, 4) is 0 Å². The number of carbonyl (C=O) groups is 1. The summed E-state index contributed by atoms with van der Waals surface area (Å²) in [4.78, 5) is 11.2. The van der Waals surface area contributed by atoms with Gasteiger partial charge in [0.25, 0.3) is 10.0 Å². The number of rotatable bonds is 3. The summed E-state index contributed by atoms with van der Waals surface area (Å²) in [5, 5.41) is 9.69. The van der Waals surface area contributed by atoms with Gasteiger partial charge in [-0.15, -0.1) is 0 Å². The molecule has 0 amide bonds. The number of alkyl halides is 1. The number of nitrogens with zero attached hydrogens (tertiary/aromatic N) is 1. The Labute approximate surface area is 136 Å². The van der Waals surface area contributed by atoms with Crippen LogP contribution in [0.4, 0.5) is 4.39 Å². The number of fused-ring (bicyclic) bond motifs is 1. The SMILES string of the molecule is Cc1c(S(=O)(=O)N2C[C@@H](F)C[C@H]2C(=O)O)oc2ccc(Cl)cc12. The van der Waals surface area contributed by atoms with Crippen LogP contribution in [0, 0.1) is 6.92 Å². The largest absolute Gasteiger partial charge is 0.480 e. The molecular weight excluding hydrogens is 349 g/mol. The van der Waals surface area contributed by atoms with E-state index in [1.54, 1.807) is 12.1 Å². The van der Waals surface area contributed by atoms with Crippen LogP contribution in [0.3, 0.4) is 0 Å². The molecular formula is C14H13ClFNO5S. The number of sulfonamides is 1. The smallest absolute Gasteiger partial charge is 0.322 e. The van der Waals surface area contributed by atoms with Crippen molar-refractivity contribution < 1.29 is 27.1 Å². The Morgan fingerprint density at radius 1 is 1.48 bits per heavy atom. The van der Waals surface area contributed by atoms with Crippen LogP contribution in [0.25, 0.3) is 11.0 Å². The van der Waals surface area contributed by atoms with Crippen molar-refractivity contribution in [3.05, 3.63) is 28.8 Å². The van der Waals surface area contributed by atoms with Crippen molar-refractivity contribution in [3.63, 3.8) is 0 Å². The molecule has 1 aliphatic rings. The summed E-state index contributed by atoms with van der Waals surface area (Å²) in [6.45, 7) is 1.03. The van der Waals surface area contributed by atoms with Gasteiger partial charge >= 0.3 is 5.97 Å². The van der Waals surface area contributed by atoms with E-state index in [0.29, 0.717) is 25.9 Å². The molecule has 1 N–H and O–H groups in total. The molecule has 6 nitrogen and oxygen atoms in total. The van der Waals surface area contributed by atoms with E-state index >= 15 is 0 Å². The number of halogens is 2. The van der Waals surface area contributed by atoms with E-state index in [0.717, 1.165) is 0 Å². The highest BCUT2D eigenvalue weighted by Crippen LogP contribution is 2.35. The van der Waals surface area contributed by atoms with Crippen molar-refractivity contribution in [1.29, 1.82) is 0 Å². The quantitative estimate of drug-likeness (QED) is 0.907. The minimum Gasteiger partial charge on any atom is -0.480 e. The van der Waals surface area contributed by atoms with Gasteiger partial charge in [0, 0.05) is 28.9 Å². The van der Waals surface area contributed by atoms with Gasteiger partial charge in [-0.2, -0.15) is 4.31 Å². The minimum absolute atomic E-state index is 0.313. The third-order valence-corrected chi connectivity index (χ3v) is 6.00. The first kappa shape index (κ1) is 16.2.